The molecule has 0 unspecified atom stereocenters. The Morgan fingerprint density at radius 1 is 1.23 bits per heavy atom. The van der Waals surface area contributed by atoms with Gasteiger partial charge in [-0.1, -0.05) is 29.8 Å². The Morgan fingerprint density at radius 3 is 2.62 bits per heavy atom. The number of hydrogen-bond acceptors (Lipinski definition) is 1. The van der Waals surface area contributed by atoms with E-state index in [4.69, 9.17) is 0 Å². The Labute approximate surface area is 77.6 Å². The standard InChI is InChI=1S/C11H12N2/c1-9-2-4-10(5-3-9)6-11-7-12-8-13-11/h2-5,7-8H,6H2,1H3,(H,12,13). The lowest BCUT2D eigenvalue weighted by atomic mass is 10.1. The molecule has 0 amide bonds. The van der Waals surface area contributed by atoms with Gasteiger partial charge in [0.1, 0.15) is 0 Å². The van der Waals surface area contributed by atoms with Crippen LogP contribution in [-0.2, 0) is 6.42 Å². The summed E-state index contributed by atoms with van der Waals surface area (Å²) in [5.41, 5.74) is 3.69. The van der Waals surface area contributed by atoms with Crippen LogP contribution in [0, 0.1) is 6.92 Å². The zero-order valence-corrected chi connectivity index (χ0v) is 7.62. The van der Waals surface area contributed by atoms with Crippen molar-refractivity contribution in [3.63, 3.8) is 0 Å². The number of hydrogen-bond donors (Lipinski definition) is 1. The number of benzene rings is 1. The van der Waals surface area contributed by atoms with E-state index in [1.54, 1.807) is 6.33 Å². The van der Waals surface area contributed by atoms with E-state index in [2.05, 4.69) is 41.2 Å². The third kappa shape index (κ3) is 1.96. The molecule has 2 aromatic rings. The summed E-state index contributed by atoms with van der Waals surface area (Å²) in [6.45, 7) is 2.10. The molecular formula is C11H12N2. The van der Waals surface area contributed by atoms with Gasteiger partial charge in [-0.15, -0.1) is 0 Å². The maximum atomic E-state index is 4.18. The lowest BCUT2D eigenvalue weighted by Crippen LogP contribution is -1.87. The van der Waals surface area contributed by atoms with Crippen LogP contribution < -0.4 is 0 Å². The molecule has 0 saturated carbocycles. The van der Waals surface area contributed by atoms with E-state index in [-0.39, 0.29) is 0 Å². The van der Waals surface area contributed by atoms with Gasteiger partial charge < -0.3 is 4.98 Å². The number of rotatable bonds is 2. The average molecular weight is 172 g/mol. The van der Waals surface area contributed by atoms with Crippen molar-refractivity contribution in [2.45, 2.75) is 13.3 Å². The van der Waals surface area contributed by atoms with Gasteiger partial charge in [0.2, 0.25) is 0 Å². The average Bonchev–Trinajstić information content (AvgIpc) is 2.62. The van der Waals surface area contributed by atoms with Crippen molar-refractivity contribution in [3.05, 3.63) is 53.6 Å². The van der Waals surface area contributed by atoms with E-state index in [0.29, 0.717) is 0 Å². The summed E-state index contributed by atoms with van der Waals surface area (Å²) < 4.78 is 0. The van der Waals surface area contributed by atoms with E-state index in [1.807, 2.05) is 6.20 Å². The second-order valence-electron chi connectivity index (χ2n) is 3.22. The Balaban J connectivity index is 2.15. The van der Waals surface area contributed by atoms with Crippen LogP contribution in [0.1, 0.15) is 16.8 Å². The largest absolute Gasteiger partial charge is 0.351 e. The van der Waals surface area contributed by atoms with Crippen molar-refractivity contribution in [1.29, 1.82) is 0 Å². The van der Waals surface area contributed by atoms with Crippen molar-refractivity contribution in [2.75, 3.05) is 0 Å². The molecule has 0 spiro atoms. The van der Waals surface area contributed by atoms with Crippen LogP contribution in [0.15, 0.2) is 36.8 Å². The molecule has 0 bridgehead atoms. The Hall–Kier alpha value is -1.57. The molecular weight excluding hydrogens is 160 g/mol. The molecule has 2 heteroatoms. The van der Waals surface area contributed by atoms with Crippen molar-refractivity contribution in [3.8, 4) is 0 Å². The van der Waals surface area contributed by atoms with Gasteiger partial charge >= 0.3 is 0 Å². The molecule has 0 radical (unpaired) electrons. The van der Waals surface area contributed by atoms with E-state index in [0.717, 1.165) is 12.1 Å². The number of aromatic amines is 1. The van der Waals surface area contributed by atoms with Crippen molar-refractivity contribution < 1.29 is 0 Å². The maximum Gasteiger partial charge on any atom is 0.0923 e. The van der Waals surface area contributed by atoms with Crippen LogP contribution in [-0.4, -0.2) is 9.97 Å². The zero-order chi connectivity index (χ0) is 9.10. The minimum atomic E-state index is 0.907. The summed E-state index contributed by atoms with van der Waals surface area (Å²) in [6.07, 6.45) is 4.55. The van der Waals surface area contributed by atoms with Crippen LogP contribution in [0.25, 0.3) is 0 Å². The summed E-state index contributed by atoms with van der Waals surface area (Å²) in [5, 5.41) is 0. The number of imidazole rings is 1. The highest BCUT2D eigenvalue weighted by Gasteiger charge is 1.96. The molecule has 0 saturated heterocycles. The smallest absolute Gasteiger partial charge is 0.0923 e. The van der Waals surface area contributed by atoms with Crippen molar-refractivity contribution in [1.82, 2.24) is 9.97 Å². The number of nitrogens with zero attached hydrogens (tertiary/aromatic N) is 1. The minimum Gasteiger partial charge on any atom is -0.351 e. The fraction of sp³-hybridized carbons (Fsp3) is 0.182. The molecule has 1 aromatic heterocycles. The Kier molecular flexibility index (Phi) is 2.13. The quantitative estimate of drug-likeness (QED) is 0.739. The highest BCUT2D eigenvalue weighted by atomic mass is 14.9. The third-order valence-electron chi connectivity index (χ3n) is 2.06. The van der Waals surface area contributed by atoms with Crippen LogP contribution in [0.2, 0.25) is 0 Å². The van der Waals surface area contributed by atoms with Crippen LogP contribution in [0.5, 0.6) is 0 Å². The number of H-pyrrole nitrogens is 1. The summed E-state index contributed by atoms with van der Waals surface area (Å²) in [6, 6.07) is 8.54. The monoisotopic (exact) mass is 172 g/mol. The van der Waals surface area contributed by atoms with Crippen LogP contribution in [0.4, 0.5) is 0 Å². The van der Waals surface area contributed by atoms with Gasteiger partial charge in [-0.25, -0.2) is 4.98 Å². The van der Waals surface area contributed by atoms with Gasteiger partial charge in [0.25, 0.3) is 0 Å². The lowest BCUT2D eigenvalue weighted by molar-refractivity contribution is 1.10. The van der Waals surface area contributed by atoms with Gasteiger partial charge in [0.15, 0.2) is 0 Å². The first-order valence-corrected chi connectivity index (χ1v) is 4.38. The van der Waals surface area contributed by atoms with E-state index < -0.39 is 0 Å². The fourth-order valence-electron chi connectivity index (χ4n) is 1.30. The van der Waals surface area contributed by atoms with Gasteiger partial charge in [-0.2, -0.15) is 0 Å². The first-order valence-electron chi connectivity index (χ1n) is 4.38. The zero-order valence-electron chi connectivity index (χ0n) is 7.62. The summed E-state index contributed by atoms with van der Waals surface area (Å²) >= 11 is 0. The second-order valence-corrected chi connectivity index (χ2v) is 3.22. The topological polar surface area (TPSA) is 28.7 Å². The van der Waals surface area contributed by atoms with E-state index in [1.165, 1.54) is 11.1 Å². The van der Waals surface area contributed by atoms with Gasteiger partial charge in [-0.05, 0) is 12.5 Å². The fourth-order valence-corrected chi connectivity index (χ4v) is 1.30. The second kappa shape index (κ2) is 3.44. The van der Waals surface area contributed by atoms with Gasteiger partial charge in [0, 0.05) is 12.6 Å². The normalized spacial score (nSPS) is 10.2. The summed E-state index contributed by atoms with van der Waals surface area (Å²) in [4.78, 5) is 7.13. The third-order valence-corrected chi connectivity index (χ3v) is 2.06. The van der Waals surface area contributed by atoms with Crippen molar-refractivity contribution >= 4 is 0 Å². The van der Waals surface area contributed by atoms with Gasteiger partial charge in [-0.3, -0.25) is 0 Å². The highest BCUT2D eigenvalue weighted by molar-refractivity contribution is 5.24. The highest BCUT2D eigenvalue weighted by Crippen LogP contribution is 2.07. The molecule has 1 aromatic carbocycles. The Bertz CT molecular complexity index is 359. The lowest BCUT2D eigenvalue weighted by Gasteiger charge is -1.98. The molecule has 1 N–H and O–H groups in total. The predicted molar refractivity (Wildman–Crippen MR) is 52.6 cm³/mol. The minimum absolute atomic E-state index is 0.907. The molecule has 13 heavy (non-hydrogen) atoms. The SMILES string of the molecule is Cc1ccc(Cc2c[nH]cn2)cc1. The molecule has 0 fully saturated rings. The maximum absolute atomic E-state index is 4.18. The predicted octanol–water partition coefficient (Wildman–Crippen LogP) is 2.31. The first kappa shape index (κ1) is 8.05. The first-order chi connectivity index (χ1) is 6.34. The molecule has 0 atom stereocenters. The van der Waals surface area contributed by atoms with Crippen LogP contribution >= 0.6 is 0 Å². The molecule has 0 aliphatic rings. The molecule has 0 aliphatic heterocycles. The summed E-state index contributed by atoms with van der Waals surface area (Å²) in [5.74, 6) is 0. The van der Waals surface area contributed by atoms with E-state index >= 15 is 0 Å². The van der Waals surface area contributed by atoms with Crippen molar-refractivity contribution in [2.24, 2.45) is 0 Å². The Morgan fingerprint density at radius 2 is 2.00 bits per heavy atom. The van der Waals surface area contributed by atoms with Crippen LogP contribution in [0.3, 0.4) is 0 Å². The molecule has 2 nitrogen and oxygen atoms in total. The number of aromatic nitrogens is 2. The van der Waals surface area contributed by atoms with Gasteiger partial charge in [0.05, 0.1) is 12.0 Å². The van der Waals surface area contributed by atoms with E-state index in [9.17, 15) is 0 Å². The molecule has 2 rings (SSSR count). The molecule has 66 valence electrons. The number of aryl methyl sites for hydroxylation is 1. The summed E-state index contributed by atoms with van der Waals surface area (Å²) in [7, 11) is 0. The number of nitrogens with one attached hydrogen (secondary N) is 1. The molecule has 1 heterocycles. The molecule has 0 aliphatic carbocycles.